The molecule has 17 heavy (non-hydrogen) atoms. The van der Waals surface area contributed by atoms with E-state index in [1.54, 1.807) is 0 Å². The van der Waals surface area contributed by atoms with Gasteiger partial charge in [-0.1, -0.05) is 0 Å². The van der Waals surface area contributed by atoms with Crippen molar-refractivity contribution in [2.45, 2.75) is 38.6 Å². The fraction of sp³-hybridized carbons (Fsp3) is 0.667. The normalized spacial score (nSPS) is 18.8. The van der Waals surface area contributed by atoms with Gasteiger partial charge in [0, 0.05) is 12.0 Å². The van der Waals surface area contributed by atoms with E-state index in [2.05, 4.69) is 23.7 Å². The molecule has 5 heteroatoms. The number of hydrogen-bond donors (Lipinski definition) is 1. The van der Waals surface area contributed by atoms with Crippen LogP contribution in [0.4, 0.5) is 0 Å². The minimum Gasteiger partial charge on any atom is -0.476 e. The van der Waals surface area contributed by atoms with Gasteiger partial charge in [-0.2, -0.15) is 0 Å². The predicted octanol–water partition coefficient (Wildman–Crippen LogP) is 1.96. The van der Waals surface area contributed by atoms with Gasteiger partial charge in [-0.3, -0.25) is 0 Å². The topological polar surface area (TPSA) is 66.6 Å². The zero-order valence-corrected chi connectivity index (χ0v) is 10.2. The van der Waals surface area contributed by atoms with Gasteiger partial charge in [0.1, 0.15) is 6.26 Å². The molecule has 2 rings (SSSR count). The first kappa shape index (κ1) is 12.1. The highest BCUT2D eigenvalue weighted by Crippen LogP contribution is 2.28. The Bertz CT molecular complexity index is 392. The van der Waals surface area contributed by atoms with Crippen LogP contribution in [0.3, 0.4) is 0 Å². The Balaban J connectivity index is 1.98. The molecule has 0 atom stereocenters. The SMILES string of the molecule is CC(C)N1CCC(c2nc(C(=O)O)co2)CC1. The molecule has 1 aliphatic heterocycles. The van der Waals surface area contributed by atoms with Crippen LogP contribution in [0.25, 0.3) is 0 Å². The Morgan fingerprint density at radius 1 is 1.53 bits per heavy atom. The number of likely N-dealkylation sites (tertiary alicyclic amines) is 1. The molecule has 1 aliphatic rings. The molecule has 0 spiro atoms. The molecule has 1 N–H and O–H groups in total. The summed E-state index contributed by atoms with van der Waals surface area (Å²) < 4.78 is 5.25. The second kappa shape index (κ2) is 4.87. The van der Waals surface area contributed by atoms with E-state index in [1.165, 1.54) is 6.26 Å². The van der Waals surface area contributed by atoms with E-state index in [9.17, 15) is 4.79 Å². The molecule has 0 bridgehead atoms. The van der Waals surface area contributed by atoms with E-state index in [1.807, 2.05) is 0 Å². The summed E-state index contributed by atoms with van der Waals surface area (Å²) in [7, 11) is 0. The molecule has 0 aliphatic carbocycles. The summed E-state index contributed by atoms with van der Waals surface area (Å²) in [6.45, 7) is 6.42. The summed E-state index contributed by atoms with van der Waals surface area (Å²) in [5, 5.41) is 8.78. The quantitative estimate of drug-likeness (QED) is 0.871. The van der Waals surface area contributed by atoms with Crippen molar-refractivity contribution in [3.8, 4) is 0 Å². The van der Waals surface area contributed by atoms with Crippen LogP contribution in [0.15, 0.2) is 10.7 Å². The summed E-state index contributed by atoms with van der Waals surface area (Å²) in [4.78, 5) is 17.1. The molecule has 1 saturated heterocycles. The van der Waals surface area contributed by atoms with Crippen LogP contribution >= 0.6 is 0 Å². The third kappa shape index (κ3) is 2.66. The number of oxazole rings is 1. The predicted molar refractivity (Wildman–Crippen MR) is 62.1 cm³/mol. The minimum absolute atomic E-state index is 0.00582. The Hall–Kier alpha value is -1.36. The van der Waals surface area contributed by atoms with Crippen molar-refractivity contribution in [3.63, 3.8) is 0 Å². The van der Waals surface area contributed by atoms with Gasteiger partial charge < -0.3 is 14.4 Å². The summed E-state index contributed by atoms with van der Waals surface area (Å²) in [5.74, 6) is -0.191. The number of nitrogens with zero attached hydrogens (tertiary/aromatic N) is 2. The van der Waals surface area contributed by atoms with Crippen LogP contribution in [0.5, 0.6) is 0 Å². The van der Waals surface area contributed by atoms with Gasteiger partial charge >= 0.3 is 5.97 Å². The lowest BCUT2D eigenvalue weighted by atomic mass is 9.96. The Kier molecular flexibility index (Phi) is 3.47. The zero-order valence-electron chi connectivity index (χ0n) is 10.2. The van der Waals surface area contributed by atoms with Gasteiger partial charge in [0.15, 0.2) is 11.6 Å². The molecule has 1 fully saturated rings. The molecule has 94 valence electrons. The van der Waals surface area contributed by atoms with Crippen LogP contribution in [-0.4, -0.2) is 40.1 Å². The number of hydrogen-bond acceptors (Lipinski definition) is 4. The fourth-order valence-electron chi connectivity index (χ4n) is 2.24. The van der Waals surface area contributed by atoms with Crippen molar-refractivity contribution >= 4 is 5.97 Å². The van der Waals surface area contributed by atoms with Gasteiger partial charge in [-0.05, 0) is 39.8 Å². The number of aromatic carboxylic acids is 1. The van der Waals surface area contributed by atoms with Gasteiger partial charge in [0.05, 0.1) is 0 Å². The van der Waals surface area contributed by atoms with Gasteiger partial charge in [0.2, 0.25) is 0 Å². The van der Waals surface area contributed by atoms with Crippen molar-refractivity contribution in [1.29, 1.82) is 0 Å². The second-order valence-corrected chi connectivity index (χ2v) is 4.78. The number of carboxylic acids is 1. The zero-order chi connectivity index (χ0) is 12.4. The lowest BCUT2D eigenvalue weighted by molar-refractivity contribution is 0.0690. The molecular weight excluding hydrogens is 220 g/mol. The molecule has 0 aromatic carbocycles. The van der Waals surface area contributed by atoms with Crippen molar-refractivity contribution in [1.82, 2.24) is 9.88 Å². The average Bonchev–Trinajstić information content (AvgIpc) is 2.78. The minimum atomic E-state index is -1.03. The van der Waals surface area contributed by atoms with Gasteiger partial charge in [-0.15, -0.1) is 0 Å². The number of rotatable bonds is 3. The summed E-state index contributed by atoms with van der Waals surface area (Å²) in [6.07, 6.45) is 3.20. The first-order valence-electron chi connectivity index (χ1n) is 6.00. The van der Waals surface area contributed by atoms with E-state index in [0.29, 0.717) is 11.9 Å². The molecule has 2 heterocycles. The molecule has 1 aromatic rings. The van der Waals surface area contributed by atoms with Gasteiger partial charge in [-0.25, -0.2) is 9.78 Å². The van der Waals surface area contributed by atoms with Crippen LogP contribution in [0.1, 0.15) is 49.0 Å². The molecule has 0 amide bonds. The van der Waals surface area contributed by atoms with Crippen molar-refractivity contribution in [2.75, 3.05) is 13.1 Å². The summed E-state index contributed by atoms with van der Waals surface area (Å²) >= 11 is 0. The highest BCUT2D eigenvalue weighted by molar-refractivity contribution is 5.84. The first-order chi connectivity index (χ1) is 8.08. The number of piperidine rings is 1. The van der Waals surface area contributed by atoms with Crippen molar-refractivity contribution < 1.29 is 14.3 Å². The third-order valence-corrected chi connectivity index (χ3v) is 3.35. The van der Waals surface area contributed by atoms with Crippen LogP contribution in [0.2, 0.25) is 0 Å². The van der Waals surface area contributed by atoms with Crippen LogP contribution in [0, 0.1) is 0 Å². The number of carbonyl (C=O) groups is 1. The molecule has 0 radical (unpaired) electrons. The van der Waals surface area contributed by atoms with Crippen molar-refractivity contribution in [2.24, 2.45) is 0 Å². The maximum Gasteiger partial charge on any atom is 0.357 e. The highest BCUT2D eigenvalue weighted by atomic mass is 16.4. The monoisotopic (exact) mass is 238 g/mol. The molecule has 0 unspecified atom stereocenters. The van der Waals surface area contributed by atoms with Crippen LogP contribution < -0.4 is 0 Å². The lowest BCUT2D eigenvalue weighted by Gasteiger charge is -2.33. The Morgan fingerprint density at radius 3 is 2.65 bits per heavy atom. The molecule has 1 aromatic heterocycles. The molecule has 0 saturated carbocycles. The van der Waals surface area contributed by atoms with E-state index < -0.39 is 5.97 Å². The average molecular weight is 238 g/mol. The Morgan fingerprint density at radius 2 is 2.18 bits per heavy atom. The van der Waals surface area contributed by atoms with Gasteiger partial charge in [0.25, 0.3) is 0 Å². The maximum absolute atomic E-state index is 10.7. The standard InChI is InChI=1S/C12H18N2O3/c1-8(2)14-5-3-9(4-6-14)11-13-10(7-17-11)12(15)16/h7-9H,3-6H2,1-2H3,(H,15,16). The van der Waals surface area contributed by atoms with Crippen LogP contribution in [-0.2, 0) is 0 Å². The summed E-state index contributed by atoms with van der Waals surface area (Å²) in [5.41, 5.74) is 0.00582. The lowest BCUT2D eigenvalue weighted by Crippen LogP contribution is -2.37. The van der Waals surface area contributed by atoms with E-state index in [4.69, 9.17) is 9.52 Å². The first-order valence-corrected chi connectivity index (χ1v) is 6.00. The second-order valence-electron chi connectivity index (χ2n) is 4.78. The number of aromatic nitrogens is 1. The highest BCUT2D eigenvalue weighted by Gasteiger charge is 2.26. The maximum atomic E-state index is 10.7. The Labute approximate surface area is 100 Å². The fourth-order valence-corrected chi connectivity index (χ4v) is 2.24. The van der Waals surface area contributed by atoms with E-state index in [0.717, 1.165) is 25.9 Å². The van der Waals surface area contributed by atoms with E-state index >= 15 is 0 Å². The molecule has 5 nitrogen and oxygen atoms in total. The van der Waals surface area contributed by atoms with Crippen molar-refractivity contribution in [3.05, 3.63) is 17.8 Å². The smallest absolute Gasteiger partial charge is 0.357 e. The molecular formula is C12H18N2O3. The van der Waals surface area contributed by atoms with E-state index in [-0.39, 0.29) is 11.6 Å². The largest absolute Gasteiger partial charge is 0.476 e. The number of carboxylic acid groups (broad SMARTS) is 1. The third-order valence-electron chi connectivity index (χ3n) is 3.35. The summed E-state index contributed by atoms with van der Waals surface area (Å²) in [6, 6.07) is 0.565.